The Morgan fingerprint density at radius 1 is 0.796 bits per heavy atom. The zero-order chi connectivity index (χ0) is 37.3. The van der Waals surface area contributed by atoms with E-state index in [4.69, 9.17) is 17.2 Å². The maximum Gasteiger partial charge on any atom is 0.326 e. The standard InChI is InChI=1S/C32H52N8O9/c1-5-18(4)26(31(48)49)40-29(46)22(7-6-14-36-32(34)35)37-28(45)23(12-13-25(42)43)38-30(47)24(15-17(2)3)39-27(44)21(33)16-19-8-10-20(41)11-9-19/h8-11,17-18,21-24,26,41H,5-7,12-16,33H2,1-4H3,(H,37,45)(H,38,47)(H,39,44)(H,40,46)(H,42,43)(H,48,49)(H4,34,35,36)/t18-,21-,22-,23-,24-,26-/m0/s1. The maximum absolute atomic E-state index is 13.6. The van der Waals surface area contributed by atoms with Gasteiger partial charge in [-0.15, -0.1) is 0 Å². The molecule has 17 nitrogen and oxygen atoms in total. The highest BCUT2D eigenvalue weighted by atomic mass is 16.4. The molecule has 1 aromatic carbocycles. The number of nitrogens with two attached hydrogens (primary N) is 3. The molecule has 0 aromatic heterocycles. The normalized spacial score (nSPS) is 14.7. The van der Waals surface area contributed by atoms with Crippen LogP contribution < -0.4 is 38.5 Å². The van der Waals surface area contributed by atoms with Crippen LogP contribution in [0.25, 0.3) is 0 Å². The predicted octanol–water partition coefficient (Wildman–Crippen LogP) is -0.704. The molecule has 0 bridgehead atoms. The number of hydrogen-bond acceptors (Lipinski definition) is 9. The van der Waals surface area contributed by atoms with Crippen molar-refractivity contribution in [2.24, 2.45) is 34.0 Å². The van der Waals surface area contributed by atoms with Crippen molar-refractivity contribution in [3.05, 3.63) is 29.8 Å². The van der Waals surface area contributed by atoms with E-state index in [0.29, 0.717) is 12.0 Å². The highest BCUT2D eigenvalue weighted by Crippen LogP contribution is 2.13. The van der Waals surface area contributed by atoms with Crippen LogP contribution in [0.5, 0.6) is 5.75 Å². The average molecular weight is 693 g/mol. The lowest BCUT2D eigenvalue weighted by Crippen LogP contribution is -2.59. The van der Waals surface area contributed by atoms with E-state index in [-0.39, 0.29) is 56.3 Å². The Kier molecular flexibility index (Phi) is 18.1. The van der Waals surface area contributed by atoms with Crippen LogP contribution >= 0.6 is 0 Å². The lowest BCUT2D eigenvalue weighted by atomic mass is 9.98. The number of aliphatic carboxylic acids is 2. The third-order valence-electron chi connectivity index (χ3n) is 7.70. The first-order valence-electron chi connectivity index (χ1n) is 16.2. The van der Waals surface area contributed by atoms with E-state index in [1.165, 1.54) is 12.1 Å². The van der Waals surface area contributed by atoms with Crippen LogP contribution in [0.15, 0.2) is 29.3 Å². The van der Waals surface area contributed by atoms with Crippen LogP contribution in [-0.4, -0.2) is 93.6 Å². The minimum atomic E-state index is -1.45. The maximum atomic E-state index is 13.6. The van der Waals surface area contributed by atoms with E-state index < -0.39 is 78.1 Å². The number of benzene rings is 1. The lowest BCUT2D eigenvalue weighted by Gasteiger charge is -2.27. The van der Waals surface area contributed by atoms with Crippen LogP contribution in [0.3, 0.4) is 0 Å². The summed E-state index contributed by atoms with van der Waals surface area (Å²) in [7, 11) is 0. The summed E-state index contributed by atoms with van der Waals surface area (Å²) in [5.41, 5.74) is 17.5. The number of carboxylic acids is 2. The molecule has 0 heterocycles. The van der Waals surface area contributed by atoms with Gasteiger partial charge in [-0.2, -0.15) is 0 Å². The van der Waals surface area contributed by atoms with Gasteiger partial charge in [0.1, 0.15) is 29.9 Å². The first kappa shape index (κ1) is 42.1. The van der Waals surface area contributed by atoms with Gasteiger partial charge in [0.2, 0.25) is 23.6 Å². The monoisotopic (exact) mass is 692 g/mol. The van der Waals surface area contributed by atoms with Crippen molar-refractivity contribution in [3.8, 4) is 5.75 Å². The molecular weight excluding hydrogens is 640 g/mol. The number of carbonyl (C=O) groups excluding carboxylic acids is 4. The van der Waals surface area contributed by atoms with Gasteiger partial charge in [0.05, 0.1) is 6.04 Å². The molecule has 17 heteroatoms. The van der Waals surface area contributed by atoms with Gasteiger partial charge in [-0.3, -0.25) is 29.0 Å². The van der Waals surface area contributed by atoms with Gasteiger partial charge >= 0.3 is 11.9 Å². The molecule has 0 radical (unpaired) electrons. The van der Waals surface area contributed by atoms with Gasteiger partial charge in [-0.05, 0) is 61.6 Å². The van der Waals surface area contributed by atoms with Crippen molar-refractivity contribution < 1.29 is 44.1 Å². The number of phenolic OH excluding ortho intramolecular Hbond substituents is 1. The van der Waals surface area contributed by atoms with E-state index in [2.05, 4.69) is 26.3 Å². The minimum absolute atomic E-state index is 0.0221. The number of nitrogens with one attached hydrogen (secondary N) is 4. The highest BCUT2D eigenvalue weighted by molar-refractivity contribution is 5.95. The number of carboxylic acid groups (broad SMARTS) is 2. The lowest BCUT2D eigenvalue weighted by molar-refractivity contribution is -0.144. The molecule has 0 unspecified atom stereocenters. The number of amides is 4. The molecule has 0 aliphatic carbocycles. The highest BCUT2D eigenvalue weighted by Gasteiger charge is 2.33. The predicted molar refractivity (Wildman–Crippen MR) is 181 cm³/mol. The number of aliphatic imine (C=N–C) groups is 1. The molecule has 0 fully saturated rings. The van der Waals surface area contributed by atoms with E-state index in [1.54, 1.807) is 26.0 Å². The fourth-order valence-electron chi connectivity index (χ4n) is 4.75. The van der Waals surface area contributed by atoms with E-state index in [0.717, 1.165) is 0 Å². The van der Waals surface area contributed by atoms with Crippen molar-refractivity contribution in [1.82, 2.24) is 21.3 Å². The Hall–Kier alpha value is -4.93. The first-order valence-corrected chi connectivity index (χ1v) is 16.2. The van der Waals surface area contributed by atoms with Gasteiger partial charge < -0.3 is 53.8 Å². The second kappa shape index (κ2) is 21.1. The van der Waals surface area contributed by atoms with Crippen LogP contribution in [-0.2, 0) is 35.2 Å². The Morgan fingerprint density at radius 2 is 1.33 bits per heavy atom. The van der Waals surface area contributed by atoms with E-state index >= 15 is 0 Å². The summed E-state index contributed by atoms with van der Waals surface area (Å²) in [4.78, 5) is 80.5. The van der Waals surface area contributed by atoms with E-state index in [9.17, 15) is 44.1 Å². The zero-order valence-corrected chi connectivity index (χ0v) is 28.5. The molecule has 1 aromatic rings. The van der Waals surface area contributed by atoms with Gasteiger partial charge in [-0.25, -0.2) is 4.79 Å². The molecular formula is C32H52N8O9. The molecule has 6 atom stereocenters. The number of rotatable bonds is 22. The fourth-order valence-corrected chi connectivity index (χ4v) is 4.75. The summed E-state index contributed by atoms with van der Waals surface area (Å²) in [6, 6.07) is -0.0831. The summed E-state index contributed by atoms with van der Waals surface area (Å²) >= 11 is 0. The second-order valence-corrected chi connectivity index (χ2v) is 12.4. The number of aromatic hydroxyl groups is 1. The molecule has 274 valence electrons. The quantitative estimate of drug-likeness (QED) is 0.0410. The third-order valence-corrected chi connectivity index (χ3v) is 7.70. The van der Waals surface area contributed by atoms with Crippen LogP contribution in [0, 0.1) is 11.8 Å². The number of hydrogen-bond donors (Lipinski definition) is 10. The van der Waals surface area contributed by atoms with Crippen LogP contribution in [0.2, 0.25) is 0 Å². The topological polar surface area (TPSA) is 302 Å². The summed E-state index contributed by atoms with van der Waals surface area (Å²) in [6.45, 7) is 7.13. The van der Waals surface area contributed by atoms with Gasteiger partial charge in [0.15, 0.2) is 5.96 Å². The fraction of sp³-hybridized carbons (Fsp3) is 0.594. The molecule has 1 rings (SSSR count). The van der Waals surface area contributed by atoms with Crippen molar-refractivity contribution >= 4 is 41.5 Å². The third kappa shape index (κ3) is 16.1. The van der Waals surface area contributed by atoms with E-state index in [1.807, 2.05) is 13.8 Å². The molecule has 0 saturated heterocycles. The Labute approximate surface area is 285 Å². The smallest absolute Gasteiger partial charge is 0.326 e. The number of nitrogens with zero attached hydrogens (tertiary/aromatic N) is 1. The summed E-state index contributed by atoms with van der Waals surface area (Å²) < 4.78 is 0. The number of phenols is 1. The molecule has 0 spiro atoms. The Bertz CT molecular complexity index is 1300. The molecule has 4 amide bonds. The summed E-state index contributed by atoms with van der Waals surface area (Å²) in [6.07, 6.45) is 0.00700. The Balaban J connectivity index is 3.22. The van der Waals surface area contributed by atoms with Crippen molar-refractivity contribution in [2.75, 3.05) is 6.54 Å². The molecule has 0 saturated carbocycles. The minimum Gasteiger partial charge on any atom is -0.508 e. The van der Waals surface area contributed by atoms with Gasteiger partial charge in [-0.1, -0.05) is 46.2 Å². The SMILES string of the molecule is CC[C@H](C)[C@H](NC(=O)[C@H](CCCN=C(N)N)NC(=O)[C@H](CCC(=O)O)NC(=O)[C@H](CC(C)C)NC(=O)[C@@H](N)Cc1ccc(O)cc1)C(=O)O. The van der Waals surface area contributed by atoms with Gasteiger partial charge in [0.25, 0.3) is 0 Å². The van der Waals surface area contributed by atoms with Crippen molar-refractivity contribution in [3.63, 3.8) is 0 Å². The molecule has 13 N–H and O–H groups in total. The largest absolute Gasteiger partial charge is 0.508 e. The Morgan fingerprint density at radius 3 is 1.84 bits per heavy atom. The first-order chi connectivity index (χ1) is 22.9. The zero-order valence-electron chi connectivity index (χ0n) is 28.5. The second-order valence-electron chi connectivity index (χ2n) is 12.4. The molecule has 0 aliphatic heterocycles. The van der Waals surface area contributed by atoms with Crippen LogP contribution in [0.1, 0.15) is 71.8 Å². The number of carbonyl (C=O) groups is 6. The number of guanidine groups is 1. The van der Waals surface area contributed by atoms with Gasteiger partial charge in [0, 0.05) is 13.0 Å². The average Bonchev–Trinajstić information content (AvgIpc) is 3.02. The van der Waals surface area contributed by atoms with Crippen molar-refractivity contribution in [1.29, 1.82) is 0 Å². The van der Waals surface area contributed by atoms with Crippen molar-refractivity contribution in [2.45, 2.75) is 103 Å². The molecule has 0 aliphatic rings. The molecule has 49 heavy (non-hydrogen) atoms. The summed E-state index contributed by atoms with van der Waals surface area (Å²) in [5.74, 6) is -6.31. The summed E-state index contributed by atoms with van der Waals surface area (Å²) in [5, 5.41) is 38.6. The van der Waals surface area contributed by atoms with Crippen LogP contribution in [0.4, 0.5) is 0 Å².